The zero-order chi connectivity index (χ0) is 14.9. The fourth-order valence-electron chi connectivity index (χ4n) is 1.92. The molecule has 1 N–H and O–H groups in total. The number of aromatic nitrogens is 1. The molecule has 0 fully saturated rings. The number of hydrogen-bond donors (Lipinski definition) is 1. The summed E-state index contributed by atoms with van der Waals surface area (Å²) < 4.78 is 4.72. The highest BCUT2D eigenvalue weighted by Crippen LogP contribution is 2.27. The minimum Gasteiger partial charge on any atom is -0.465 e. The van der Waals surface area contributed by atoms with Crippen LogP contribution < -0.4 is 5.32 Å². The smallest absolute Gasteiger partial charge is 0.340 e. The van der Waals surface area contributed by atoms with Crippen LogP contribution in [0.5, 0.6) is 0 Å². The van der Waals surface area contributed by atoms with Gasteiger partial charge < -0.3 is 10.1 Å². The number of esters is 1. The Morgan fingerprint density at radius 2 is 2.15 bits per heavy atom. The molecule has 0 aromatic carbocycles. The number of ether oxygens (including phenoxy) is 1. The number of hydrogen-bond acceptors (Lipinski definition) is 5. The highest BCUT2D eigenvalue weighted by Gasteiger charge is 2.42. The van der Waals surface area contributed by atoms with Crippen LogP contribution in [-0.2, 0) is 9.53 Å². The van der Waals surface area contributed by atoms with E-state index in [1.54, 1.807) is 25.3 Å². The zero-order valence-corrected chi connectivity index (χ0v) is 11.9. The molecule has 1 aromatic heterocycles. The van der Waals surface area contributed by atoms with Crippen molar-refractivity contribution in [2.24, 2.45) is 10.9 Å². The lowest BCUT2D eigenvalue weighted by Gasteiger charge is -2.21. The van der Waals surface area contributed by atoms with Crippen LogP contribution in [0.4, 0.5) is 0 Å². The molecule has 0 saturated heterocycles. The highest BCUT2D eigenvalue weighted by atomic mass is 16.5. The number of amides is 1. The first kappa shape index (κ1) is 14.2. The lowest BCUT2D eigenvalue weighted by atomic mass is 9.89. The van der Waals surface area contributed by atoms with Crippen LogP contribution in [0.1, 0.15) is 36.8 Å². The molecule has 0 saturated carbocycles. The maximum Gasteiger partial charge on any atom is 0.340 e. The summed E-state index contributed by atoms with van der Waals surface area (Å²) in [5, 5.41) is 2.70. The molecule has 1 aliphatic rings. The van der Waals surface area contributed by atoms with Gasteiger partial charge in [-0.2, -0.15) is 0 Å². The van der Waals surface area contributed by atoms with Crippen LogP contribution in [0.2, 0.25) is 0 Å². The molecule has 1 aliphatic heterocycles. The summed E-state index contributed by atoms with van der Waals surface area (Å²) in [5.41, 5.74) is -0.237. The van der Waals surface area contributed by atoms with Crippen LogP contribution in [0.25, 0.3) is 0 Å². The minimum atomic E-state index is -0.847. The molecule has 6 heteroatoms. The van der Waals surface area contributed by atoms with Gasteiger partial charge in [0.15, 0.2) is 5.84 Å². The summed E-state index contributed by atoms with van der Waals surface area (Å²) in [6, 6.07) is 3.22. The van der Waals surface area contributed by atoms with Gasteiger partial charge in [0.25, 0.3) is 5.91 Å². The Kier molecular flexibility index (Phi) is 3.57. The van der Waals surface area contributed by atoms with E-state index in [2.05, 4.69) is 15.3 Å². The SMILES string of the molecule is COC(=O)c1cccnc1C1=N[C@@](C)(C(C)C)C(=O)N1. The molecule has 20 heavy (non-hydrogen) atoms. The molecule has 0 radical (unpaired) electrons. The number of carbonyl (C=O) groups excluding carboxylic acids is 2. The molecule has 2 heterocycles. The van der Waals surface area contributed by atoms with Crippen molar-refractivity contribution in [2.75, 3.05) is 7.11 Å². The van der Waals surface area contributed by atoms with Crippen molar-refractivity contribution in [2.45, 2.75) is 26.3 Å². The second kappa shape index (κ2) is 5.03. The van der Waals surface area contributed by atoms with Gasteiger partial charge in [-0.1, -0.05) is 13.8 Å². The van der Waals surface area contributed by atoms with Gasteiger partial charge in [-0.05, 0) is 25.0 Å². The number of nitrogens with zero attached hydrogens (tertiary/aromatic N) is 2. The second-order valence-corrected chi connectivity index (χ2v) is 5.11. The first-order valence-electron chi connectivity index (χ1n) is 6.35. The van der Waals surface area contributed by atoms with Gasteiger partial charge >= 0.3 is 5.97 Å². The van der Waals surface area contributed by atoms with E-state index in [9.17, 15) is 9.59 Å². The third kappa shape index (κ3) is 2.17. The van der Waals surface area contributed by atoms with Gasteiger partial charge in [-0.25, -0.2) is 9.79 Å². The Bertz CT molecular complexity index is 595. The van der Waals surface area contributed by atoms with Crippen LogP contribution in [0.15, 0.2) is 23.3 Å². The predicted molar refractivity (Wildman–Crippen MR) is 73.5 cm³/mol. The first-order chi connectivity index (χ1) is 9.40. The van der Waals surface area contributed by atoms with E-state index in [-0.39, 0.29) is 17.4 Å². The van der Waals surface area contributed by atoms with Gasteiger partial charge in [-0.15, -0.1) is 0 Å². The Balaban J connectivity index is 2.49. The number of rotatable bonds is 3. The normalized spacial score (nSPS) is 21.6. The molecular weight excluding hydrogens is 258 g/mol. The van der Waals surface area contributed by atoms with Gasteiger partial charge in [0.1, 0.15) is 11.2 Å². The maximum absolute atomic E-state index is 12.1. The predicted octanol–water partition coefficient (Wildman–Crippen LogP) is 1.16. The van der Waals surface area contributed by atoms with E-state index < -0.39 is 11.5 Å². The van der Waals surface area contributed by atoms with Crippen LogP contribution in [0, 0.1) is 5.92 Å². The van der Waals surface area contributed by atoms with Crippen LogP contribution in [0.3, 0.4) is 0 Å². The lowest BCUT2D eigenvalue weighted by Crippen LogP contribution is -2.41. The number of nitrogens with one attached hydrogen (secondary N) is 1. The Hall–Kier alpha value is -2.24. The third-order valence-corrected chi connectivity index (χ3v) is 3.60. The lowest BCUT2D eigenvalue weighted by molar-refractivity contribution is -0.124. The molecule has 2 rings (SSSR count). The van der Waals surface area contributed by atoms with E-state index in [0.29, 0.717) is 11.5 Å². The van der Waals surface area contributed by atoms with E-state index in [0.717, 1.165) is 0 Å². The molecule has 0 unspecified atom stereocenters. The molecule has 0 aliphatic carbocycles. The van der Waals surface area contributed by atoms with Gasteiger partial charge in [0, 0.05) is 6.20 Å². The van der Waals surface area contributed by atoms with Crippen molar-refractivity contribution in [3.63, 3.8) is 0 Å². The summed E-state index contributed by atoms with van der Waals surface area (Å²) in [5.74, 6) is -0.357. The Morgan fingerprint density at radius 3 is 2.70 bits per heavy atom. The monoisotopic (exact) mass is 275 g/mol. The van der Waals surface area contributed by atoms with Crippen molar-refractivity contribution in [1.82, 2.24) is 10.3 Å². The van der Waals surface area contributed by atoms with Crippen molar-refractivity contribution in [3.05, 3.63) is 29.6 Å². The largest absolute Gasteiger partial charge is 0.465 e. The summed E-state index contributed by atoms with van der Waals surface area (Å²) >= 11 is 0. The average Bonchev–Trinajstić information content (AvgIpc) is 2.75. The summed E-state index contributed by atoms with van der Waals surface area (Å²) in [7, 11) is 1.30. The molecule has 1 aromatic rings. The van der Waals surface area contributed by atoms with Crippen molar-refractivity contribution >= 4 is 17.7 Å². The summed E-state index contributed by atoms with van der Waals surface area (Å²) in [4.78, 5) is 32.4. The molecule has 6 nitrogen and oxygen atoms in total. The average molecular weight is 275 g/mol. The molecule has 1 amide bonds. The maximum atomic E-state index is 12.1. The van der Waals surface area contributed by atoms with E-state index in [4.69, 9.17) is 4.74 Å². The fraction of sp³-hybridized carbons (Fsp3) is 0.429. The van der Waals surface area contributed by atoms with Gasteiger partial charge in [0.2, 0.25) is 0 Å². The topological polar surface area (TPSA) is 80.7 Å². The summed E-state index contributed by atoms with van der Waals surface area (Å²) in [6.45, 7) is 5.61. The van der Waals surface area contributed by atoms with E-state index in [1.807, 2.05) is 13.8 Å². The number of carbonyl (C=O) groups is 2. The number of methoxy groups -OCH3 is 1. The van der Waals surface area contributed by atoms with Crippen LogP contribution >= 0.6 is 0 Å². The first-order valence-corrected chi connectivity index (χ1v) is 6.35. The number of pyridine rings is 1. The standard InChI is InChI=1S/C14H17N3O3/c1-8(2)14(3)13(19)16-11(17-14)10-9(12(18)20-4)6-5-7-15-10/h5-8H,1-4H3,(H,16,17,19)/t14-/m0/s1. The van der Waals surface area contributed by atoms with Gasteiger partial charge in [0.05, 0.1) is 12.7 Å². The third-order valence-electron chi connectivity index (χ3n) is 3.60. The fourth-order valence-corrected chi connectivity index (χ4v) is 1.92. The highest BCUT2D eigenvalue weighted by molar-refractivity contribution is 6.17. The van der Waals surface area contributed by atoms with Crippen LogP contribution in [-0.4, -0.2) is 35.3 Å². The van der Waals surface area contributed by atoms with Crippen molar-refractivity contribution < 1.29 is 14.3 Å². The zero-order valence-electron chi connectivity index (χ0n) is 11.9. The number of amidine groups is 1. The molecule has 0 bridgehead atoms. The van der Waals surface area contributed by atoms with E-state index in [1.165, 1.54) is 7.11 Å². The quantitative estimate of drug-likeness (QED) is 0.839. The Morgan fingerprint density at radius 1 is 1.45 bits per heavy atom. The molecular formula is C14H17N3O3. The second-order valence-electron chi connectivity index (χ2n) is 5.11. The minimum absolute atomic E-state index is 0.0327. The summed E-state index contributed by atoms with van der Waals surface area (Å²) in [6.07, 6.45) is 1.54. The molecule has 106 valence electrons. The Labute approximate surface area is 117 Å². The molecule has 0 spiro atoms. The van der Waals surface area contributed by atoms with E-state index >= 15 is 0 Å². The van der Waals surface area contributed by atoms with Gasteiger partial charge in [-0.3, -0.25) is 9.78 Å². The molecule has 1 atom stereocenters. The van der Waals surface area contributed by atoms with Crippen molar-refractivity contribution in [3.8, 4) is 0 Å². The van der Waals surface area contributed by atoms with Crippen molar-refractivity contribution in [1.29, 1.82) is 0 Å². The number of aliphatic imine (C=N–C) groups is 1.